The third-order valence-electron chi connectivity index (χ3n) is 4.00. The number of hydrogen-bond acceptors (Lipinski definition) is 4. The van der Waals surface area contributed by atoms with Crippen LogP contribution in [0, 0.1) is 11.8 Å². The minimum Gasteiger partial charge on any atom is -0.481 e. The molecule has 2 N–H and O–H groups in total. The molecule has 0 aromatic carbocycles. The summed E-state index contributed by atoms with van der Waals surface area (Å²) in [6.45, 7) is 1.60. The van der Waals surface area contributed by atoms with Crippen LogP contribution in [0.3, 0.4) is 0 Å². The molecule has 1 saturated heterocycles. The zero-order chi connectivity index (χ0) is 11.2. The molecule has 1 aliphatic heterocycles. The number of nitrogens with zero attached hydrogens (tertiary/aromatic N) is 1. The van der Waals surface area contributed by atoms with Crippen LogP contribution in [0.4, 0.5) is 0 Å². The van der Waals surface area contributed by atoms with E-state index in [1.165, 1.54) is 0 Å². The Labute approximate surface area is 97.7 Å². The van der Waals surface area contributed by atoms with E-state index in [1.807, 2.05) is 5.38 Å². The summed E-state index contributed by atoms with van der Waals surface area (Å²) in [4.78, 5) is 15.8. The normalized spacial score (nSPS) is 37.5. The summed E-state index contributed by atoms with van der Waals surface area (Å²) in [5.41, 5.74) is -0.247. The Kier molecular flexibility index (Phi) is 2.26. The molecular weight excluding hydrogens is 224 g/mol. The van der Waals surface area contributed by atoms with Gasteiger partial charge in [0.05, 0.1) is 5.92 Å². The first-order valence-corrected chi connectivity index (χ1v) is 6.45. The number of aliphatic carboxylic acids is 1. The second-order valence-corrected chi connectivity index (χ2v) is 5.63. The second-order valence-electron chi connectivity index (χ2n) is 4.74. The molecule has 2 heterocycles. The predicted molar refractivity (Wildman–Crippen MR) is 60.5 cm³/mol. The van der Waals surface area contributed by atoms with Crippen LogP contribution in [0.25, 0.3) is 0 Å². The second kappa shape index (κ2) is 3.53. The Bertz CT molecular complexity index is 402. The van der Waals surface area contributed by atoms with Crippen LogP contribution in [0.2, 0.25) is 0 Å². The van der Waals surface area contributed by atoms with Gasteiger partial charge in [0.2, 0.25) is 0 Å². The van der Waals surface area contributed by atoms with Gasteiger partial charge in [0, 0.05) is 23.5 Å². The fraction of sp³-hybridized carbons (Fsp3) is 0.636. The number of fused-ring (bicyclic) bond motifs is 2. The molecule has 4 nitrogen and oxygen atoms in total. The first kappa shape index (κ1) is 10.2. The monoisotopic (exact) mass is 238 g/mol. The van der Waals surface area contributed by atoms with Gasteiger partial charge < -0.3 is 10.4 Å². The van der Waals surface area contributed by atoms with E-state index >= 15 is 0 Å². The van der Waals surface area contributed by atoms with Crippen molar-refractivity contribution in [3.05, 3.63) is 16.6 Å². The molecule has 0 spiro atoms. The highest BCUT2D eigenvalue weighted by Crippen LogP contribution is 2.51. The highest BCUT2D eigenvalue weighted by Gasteiger charge is 2.56. The molecule has 3 rings (SSSR count). The highest BCUT2D eigenvalue weighted by atomic mass is 32.1. The summed E-state index contributed by atoms with van der Waals surface area (Å²) in [5.74, 6) is -0.630. The van der Waals surface area contributed by atoms with Crippen molar-refractivity contribution >= 4 is 17.3 Å². The van der Waals surface area contributed by atoms with Crippen molar-refractivity contribution in [3.63, 3.8) is 0 Å². The Balaban J connectivity index is 2.06. The van der Waals surface area contributed by atoms with E-state index in [0.29, 0.717) is 0 Å². The van der Waals surface area contributed by atoms with E-state index in [2.05, 4.69) is 10.3 Å². The number of piperidine rings is 1. The Morgan fingerprint density at radius 1 is 1.69 bits per heavy atom. The smallest absolute Gasteiger partial charge is 0.307 e. The summed E-state index contributed by atoms with van der Waals surface area (Å²) >= 11 is 1.59. The zero-order valence-electron chi connectivity index (χ0n) is 8.85. The molecule has 1 aliphatic carbocycles. The van der Waals surface area contributed by atoms with Crippen molar-refractivity contribution in [2.45, 2.75) is 18.3 Å². The minimum absolute atomic E-state index is 0.247. The molecule has 2 fully saturated rings. The van der Waals surface area contributed by atoms with Crippen molar-refractivity contribution in [2.24, 2.45) is 11.8 Å². The number of nitrogens with one attached hydrogen (secondary N) is 1. The molecule has 2 aliphatic rings. The topological polar surface area (TPSA) is 62.2 Å². The summed E-state index contributed by atoms with van der Waals surface area (Å²) in [7, 11) is 0. The lowest BCUT2D eigenvalue weighted by molar-refractivity contribution is -0.146. The van der Waals surface area contributed by atoms with E-state index in [0.717, 1.165) is 30.9 Å². The van der Waals surface area contributed by atoms with Gasteiger partial charge in [-0.25, -0.2) is 4.98 Å². The van der Waals surface area contributed by atoms with Crippen LogP contribution < -0.4 is 5.32 Å². The zero-order valence-corrected chi connectivity index (χ0v) is 9.67. The maximum Gasteiger partial charge on any atom is 0.307 e. The molecule has 5 heteroatoms. The lowest BCUT2D eigenvalue weighted by Gasteiger charge is -2.37. The minimum atomic E-state index is -0.654. The van der Waals surface area contributed by atoms with E-state index in [1.54, 1.807) is 17.5 Å². The van der Waals surface area contributed by atoms with Gasteiger partial charge in [-0.1, -0.05) is 0 Å². The molecular formula is C11H14N2O2S. The number of rotatable bonds is 2. The van der Waals surface area contributed by atoms with E-state index < -0.39 is 5.97 Å². The van der Waals surface area contributed by atoms with E-state index in [4.69, 9.17) is 0 Å². The van der Waals surface area contributed by atoms with Crippen LogP contribution in [0.15, 0.2) is 11.6 Å². The average molecular weight is 238 g/mol. The third kappa shape index (κ3) is 1.25. The van der Waals surface area contributed by atoms with Crippen molar-refractivity contribution in [1.29, 1.82) is 0 Å². The van der Waals surface area contributed by atoms with Gasteiger partial charge in [0.15, 0.2) is 0 Å². The first-order valence-electron chi connectivity index (χ1n) is 5.57. The maximum absolute atomic E-state index is 11.5. The van der Waals surface area contributed by atoms with Crippen LogP contribution >= 0.6 is 11.3 Å². The van der Waals surface area contributed by atoms with E-state index in [9.17, 15) is 9.90 Å². The van der Waals surface area contributed by atoms with Crippen LogP contribution in [-0.4, -0.2) is 29.1 Å². The summed E-state index contributed by atoms with van der Waals surface area (Å²) in [5, 5.41) is 15.7. The molecule has 2 bridgehead atoms. The lowest BCUT2D eigenvalue weighted by atomic mass is 9.73. The largest absolute Gasteiger partial charge is 0.481 e. The maximum atomic E-state index is 11.5. The molecule has 3 unspecified atom stereocenters. The SMILES string of the molecule is O=C(O)C1C2CCC1(c1nccs1)CNC2. The number of carboxylic acid groups (broad SMARTS) is 1. The Morgan fingerprint density at radius 2 is 2.56 bits per heavy atom. The molecule has 1 aromatic rings. The molecule has 0 amide bonds. The molecule has 86 valence electrons. The van der Waals surface area contributed by atoms with Crippen molar-refractivity contribution in [2.75, 3.05) is 13.1 Å². The van der Waals surface area contributed by atoms with Crippen molar-refractivity contribution in [3.8, 4) is 0 Å². The van der Waals surface area contributed by atoms with Gasteiger partial charge in [0.25, 0.3) is 0 Å². The molecule has 0 radical (unpaired) electrons. The van der Waals surface area contributed by atoms with Gasteiger partial charge in [-0.05, 0) is 25.3 Å². The van der Waals surface area contributed by atoms with Crippen LogP contribution in [0.1, 0.15) is 17.8 Å². The Morgan fingerprint density at radius 3 is 3.25 bits per heavy atom. The Hall–Kier alpha value is -0.940. The van der Waals surface area contributed by atoms with Crippen molar-refractivity contribution in [1.82, 2.24) is 10.3 Å². The van der Waals surface area contributed by atoms with Gasteiger partial charge >= 0.3 is 5.97 Å². The quantitative estimate of drug-likeness (QED) is 0.809. The fourth-order valence-corrected chi connectivity index (χ4v) is 4.25. The number of aromatic nitrogens is 1. The molecule has 1 saturated carbocycles. The lowest BCUT2D eigenvalue weighted by Crippen LogP contribution is -2.52. The third-order valence-corrected chi connectivity index (χ3v) is 4.99. The van der Waals surface area contributed by atoms with Gasteiger partial charge in [-0.15, -0.1) is 11.3 Å². The number of hydrogen-bond donors (Lipinski definition) is 2. The van der Waals surface area contributed by atoms with E-state index in [-0.39, 0.29) is 17.3 Å². The van der Waals surface area contributed by atoms with Gasteiger partial charge in [0.1, 0.15) is 5.01 Å². The fourth-order valence-electron chi connectivity index (χ4n) is 3.34. The molecule has 16 heavy (non-hydrogen) atoms. The number of carboxylic acids is 1. The number of thiazole rings is 1. The summed E-state index contributed by atoms with van der Waals surface area (Å²) < 4.78 is 0. The first-order chi connectivity index (χ1) is 7.74. The number of carbonyl (C=O) groups is 1. The average Bonchev–Trinajstić information content (AvgIpc) is 2.85. The summed E-state index contributed by atoms with van der Waals surface area (Å²) in [6, 6.07) is 0. The molecule has 1 aromatic heterocycles. The highest BCUT2D eigenvalue weighted by molar-refractivity contribution is 7.09. The van der Waals surface area contributed by atoms with Gasteiger partial charge in [-0.2, -0.15) is 0 Å². The molecule has 3 atom stereocenters. The van der Waals surface area contributed by atoms with Crippen molar-refractivity contribution < 1.29 is 9.90 Å². The van der Waals surface area contributed by atoms with Gasteiger partial charge in [-0.3, -0.25) is 4.79 Å². The standard InChI is InChI=1S/C11H14N2O2S/c14-9(15)8-7-1-2-11(8,6-12-5-7)10-13-3-4-16-10/h3-4,7-8,12H,1-2,5-6H2,(H,14,15). The predicted octanol–water partition coefficient (Wildman–Crippen LogP) is 1.09. The van der Waals surface area contributed by atoms with Crippen LogP contribution in [-0.2, 0) is 10.2 Å². The summed E-state index contributed by atoms with van der Waals surface area (Å²) in [6.07, 6.45) is 3.73. The van der Waals surface area contributed by atoms with Crippen LogP contribution in [0.5, 0.6) is 0 Å².